The zero-order valence-corrected chi connectivity index (χ0v) is 14.1. The van der Waals surface area contributed by atoms with Crippen LogP contribution in [0.5, 0.6) is 0 Å². The van der Waals surface area contributed by atoms with Crippen molar-refractivity contribution in [2.24, 2.45) is 5.73 Å². The molecule has 0 aliphatic heterocycles. The second kappa shape index (κ2) is 8.26. The van der Waals surface area contributed by atoms with Crippen molar-refractivity contribution in [3.8, 4) is 0 Å². The molecule has 0 saturated carbocycles. The van der Waals surface area contributed by atoms with Gasteiger partial charge in [0.1, 0.15) is 6.54 Å². The van der Waals surface area contributed by atoms with Crippen molar-refractivity contribution in [3.63, 3.8) is 0 Å². The smallest absolute Gasteiger partial charge is 0.319 e. The number of nitrogens with two attached hydrogens (primary N) is 1. The Hall–Kier alpha value is -2.66. The van der Waals surface area contributed by atoms with Crippen molar-refractivity contribution in [1.29, 1.82) is 0 Å². The molecule has 126 valence electrons. The van der Waals surface area contributed by atoms with Crippen molar-refractivity contribution in [2.45, 2.75) is 25.9 Å². The Morgan fingerprint density at radius 1 is 1.04 bits per heavy atom. The van der Waals surface area contributed by atoms with Gasteiger partial charge in [-0.25, -0.2) is 4.79 Å². The first kappa shape index (κ1) is 17.7. The average Bonchev–Trinajstić information content (AvgIpc) is 2.56. The summed E-state index contributed by atoms with van der Waals surface area (Å²) in [6.07, 6.45) is 0.997. The first-order chi connectivity index (χ1) is 11.5. The summed E-state index contributed by atoms with van der Waals surface area (Å²) in [6.45, 7) is 2.78. The number of hydrogen-bond donors (Lipinski definition) is 3. The van der Waals surface area contributed by atoms with Gasteiger partial charge < -0.3 is 10.6 Å². The van der Waals surface area contributed by atoms with Crippen LogP contribution in [0.3, 0.4) is 0 Å². The monoisotopic (exact) mass is 326 g/mol. The Morgan fingerprint density at radius 2 is 1.62 bits per heavy atom. The Bertz CT molecular complexity index is 684. The number of hydrogen-bond acceptors (Lipinski definition) is 2. The topological polar surface area (TPSA) is 76.6 Å². The number of quaternary nitrogens is 1. The van der Waals surface area contributed by atoms with Crippen LogP contribution in [0, 0.1) is 0 Å². The Labute approximate surface area is 142 Å². The van der Waals surface area contributed by atoms with Gasteiger partial charge in [-0.1, -0.05) is 61.5 Å². The number of primary amides is 1. The normalized spacial score (nSPS) is 13.1. The van der Waals surface area contributed by atoms with Crippen molar-refractivity contribution >= 4 is 11.9 Å². The maximum absolute atomic E-state index is 12.5. The maximum Gasteiger partial charge on any atom is 0.319 e. The Morgan fingerprint density at radius 3 is 2.17 bits per heavy atom. The number of amides is 3. The standard InChI is InChI=1S/C19H23N3O2/c1-3-14-9-11-15(12-10-14)13-22(2)17(18(23)21-19(20)24)16-7-5-4-6-8-16/h4-12,17H,3,13H2,1-2H3,(H3,20,21,23,24)/p+1/t17-/m0/s1. The second-order valence-electron chi connectivity index (χ2n) is 5.89. The van der Waals surface area contributed by atoms with Gasteiger partial charge in [0.15, 0.2) is 6.04 Å². The van der Waals surface area contributed by atoms with Gasteiger partial charge in [-0.05, 0) is 12.0 Å². The highest BCUT2D eigenvalue weighted by Crippen LogP contribution is 2.11. The van der Waals surface area contributed by atoms with E-state index < -0.39 is 18.0 Å². The molecular weight excluding hydrogens is 302 g/mol. The lowest BCUT2D eigenvalue weighted by Gasteiger charge is -2.24. The zero-order chi connectivity index (χ0) is 17.5. The van der Waals surface area contributed by atoms with Crippen LogP contribution in [0.25, 0.3) is 0 Å². The Balaban J connectivity index is 2.21. The molecule has 5 nitrogen and oxygen atoms in total. The van der Waals surface area contributed by atoms with Gasteiger partial charge in [0, 0.05) is 11.1 Å². The molecule has 0 aliphatic carbocycles. The van der Waals surface area contributed by atoms with E-state index in [0.717, 1.165) is 22.4 Å². The molecule has 2 aromatic carbocycles. The van der Waals surface area contributed by atoms with E-state index in [9.17, 15) is 9.59 Å². The Kier molecular flexibility index (Phi) is 6.09. The summed E-state index contributed by atoms with van der Waals surface area (Å²) in [7, 11) is 1.94. The quantitative estimate of drug-likeness (QED) is 0.746. The molecule has 4 N–H and O–H groups in total. The van der Waals surface area contributed by atoms with Crippen LogP contribution in [0.15, 0.2) is 54.6 Å². The van der Waals surface area contributed by atoms with Crippen LogP contribution in [0.1, 0.15) is 29.7 Å². The summed E-state index contributed by atoms with van der Waals surface area (Å²) in [5.74, 6) is -0.392. The lowest BCUT2D eigenvalue weighted by Crippen LogP contribution is -3.09. The van der Waals surface area contributed by atoms with Crippen LogP contribution < -0.4 is 16.0 Å². The fraction of sp³-hybridized carbons (Fsp3) is 0.263. The molecule has 0 aliphatic rings. The minimum atomic E-state index is -0.832. The number of imide groups is 1. The van der Waals surface area contributed by atoms with Gasteiger partial charge >= 0.3 is 6.03 Å². The summed E-state index contributed by atoms with van der Waals surface area (Å²) >= 11 is 0. The number of urea groups is 1. The molecule has 0 aromatic heterocycles. The number of benzene rings is 2. The number of likely N-dealkylation sites (N-methyl/N-ethyl adjacent to an activating group) is 1. The molecule has 2 aromatic rings. The van der Waals surface area contributed by atoms with E-state index in [1.54, 1.807) is 0 Å². The molecule has 0 radical (unpaired) electrons. The van der Waals surface area contributed by atoms with E-state index >= 15 is 0 Å². The lowest BCUT2D eigenvalue weighted by atomic mass is 10.0. The number of carbonyl (C=O) groups is 2. The first-order valence-corrected chi connectivity index (χ1v) is 8.06. The van der Waals surface area contributed by atoms with Gasteiger partial charge in [0.05, 0.1) is 7.05 Å². The lowest BCUT2D eigenvalue weighted by molar-refractivity contribution is -0.916. The second-order valence-corrected chi connectivity index (χ2v) is 5.89. The third-order valence-corrected chi connectivity index (χ3v) is 4.05. The average molecular weight is 326 g/mol. The molecule has 0 heterocycles. The molecule has 0 saturated heterocycles. The van der Waals surface area contributed by atoms with E-state index in [0.29, 0.717) is 6.54 Å². The van der Waals surface area contributed by atoms with E-state index in [2.05, 4.69) is 36.5 Å². The number of aryl methyl sites for hydroxylation is 1. The molecule has 24 heavy (non-hydrogen) atoms. The van der Waals surface area contributed by atoms with Gasteiger partial charge in [0.2, 0.25) is 0 Å². The van der Waals surface area contributed by atoms with Gasteiger partial charge in [-0.2, -0.15) is 0 Å². The summed E-state index contributed by atoms with van der Waals surface area (Å²) in [6, 6.07) is 16.4. The predicted molar refractivity (Wildman–Crippen MR) is 93.3 cm³/mol. The largest absolute Gasteiger partial charge is 0.351 e. The van der Waals surface area contributed by atoms with Crippen molar-refractivity contribution in [3.05, 3.63) is 71.3 Å². The van der Waals surface area contributed by atoms with Crippen molar-refractivity contribution in [1.82, 2.24) is 5.32 Å². The molecule has 3 amide bonds. The molecular formula is C19H24N3O2+. The number of rotatable bonds is 6. The molecule has 2 rings (SSSR count). The molecule has 2 atom stereocenters. The first-order valence-electron chi connectivity index (χ1n) is 8.06. The summed E-state index contributed by atoms with van der Waals surface area (Å²) < 4.78 is 0. The predicted octanol–water partition coefficient (Wildman–Crippen LogP) is 1.20. The summed E-state index contributed by atoms with van der Waals surface area (Å²) in [5.41, 5.74) is 8.38. The summed E-state index contributed by atoms with van der Waals surface area (Å²) in [4.78, 5) is 24.5. The van der Waals surface area contributed by atoms with Crippen molar-refractivity contribution in [2.75, 3.05) is 7.05 Å². The molecule has 1 unspecified atom stereocenters. The van der Waals surface area contributed by atoms with Crippen LogP contribution in [-0.4, -0.2) is 19.0 Å². The van der Waals surface area contributed by atoms with Crippen LogP contribution in [0.2, 0.25) is 0 Å². The number of carbonyl (C=O) groups excluding carboxylic acids is 2. The molecule has 0 spiro atoms. The minimum Gasteiger partial charge on any atom is -0.351 e. The highest BCUT2D eigenvalue weighted by molar-refractivity contribution is 5.96. The molecule has 0 bridgehead atoms. The third kappa shape index (κ3) is 4.67. The van der Waals surface area contributed by atoms with E-state index in [1.807, 2.05) is 37.4 Å². The number of nitrogens with one attached hydrogen (secondary N) is 2. The SMILES string of the molecule is CCc1ccc(C[NH+](C)[C@H](C(=O)NC(N)=O)c2ccccc2)cc1. The highest BCUT2D eigenvalue weighted by atomic mass is 16.2. The fourth-order valence-electron chi connectivity index (χ4n) is 2.82. The zero-order valence-electron chi connectivity index (χ0n) is 14.1. The molecule has 0 fully saturated rings. The van der Waals surface area contributed by atoms with Gasteiger partial charge in [0.25, 0.3) is 5.91 Å². The minimum absolute atomic E-state index is 0.392. The van der Waals surface area contributed by atoms with Crippen LogP contribution in [0.4, 0.5) is 4.79 Å². The summed E-state index contributed by atoms with van der Waals surface area (Å²) in [5, 5.41) is 2.21. The fourth-order valence-corrected chi connectivity index (χ4v) is 2.82. The van der Waals surface area contributed by atoms with E-state index in [-0.39, 0.29) is 0 Å². The van der Waals surface area contributed by atoms with E-state index in [1.165, 1.54) is 5.56 Å². The van der Waals surface area contributed by atoms with Crippen molar-refractivity contribution < 1.29 is 14.5 Å². The van der Waals surface area contributed by atoms with E-state index in [4.69, 9.17) is 5.73 Å². The third-order valence-electron chi connectivity index (χ3n) is 4.05. The highest BCUT2D eigenvalue weighted by Gasteiger charge is 2.29. The van der Waals surface area contributed by atoms with Gasteiger partial charge in [-0.15, -0.1) is 0 Å². The van der Waals surface area contributed by atoms with Gasteiger partial charge in [-0.3, -0.25) is 10.1 Å². The maximum atomic E-state index is 12.5. The van der Waals surface area contributed by atoms with Crippen LogP contribution in [-0.2, 0) is 17.8 Å². The van der Waals surface area contributed by atoms with Crippen LogP contribution >= 0.6 is 0 Å². The molecule has 5 heteroatoms.